The maximum atomic E-state index is 13.8. The van der Waals surface area contributed by atoms with Crippen molar-refractivity contribution in [3.8, 4) is 0 Å². The van der Waals surface area contributed by atoms with Gasteiger partial charge >= 0.3 is 0 Å². The first-order valence-corrected chi connectivity index (χ1v) is 30.5. The van der Waals surface area contributed by atoms with Crippen LogP contribution in [0.2, 0.25) is 54.4 Å². The van der Waals surface area contributed by atoms with Crippen LogP contribution in [0.25, 0.3) is 0 Å². The molecule has 53 heavy (non-hydrogen) atoms. The molecule has 1 amide bonds. The van der Waals surface area contributed by atoms with Gasteiger partial charge in [0.15, 0.2) is 47.0 Å². The molecule has 0 aliphatic rings. The molecule has 0 spiro atoms. The second kappa shape index (κ2) is 21.5. The molecule has 15 heteroatoms. The number of hydrogen-bond acceptors (Lipinski definition) is 10. The summed E-state index contributed by atoms with van der Waals surface area (Å²) in [6, 6.07) is 1.25. The van der Waals surface area contributed by atoms with Crippen LogP contribution in [0.3, 0.4) is 0 Å². The molecule has 1 N–H and O–H groups in total. The Morgan fingerprint density at radius 1 is 0.585 bits per heavy atom. The number of ether oxygens (including phenoxy) is 2. The van der Waals surface area contributed by atoms with Crippen LogP contribution in [0.5, 0.6) is 0 Å². The Labute approximate surface area is 336 Å². The summed E-state index contributed by atoms with van der Waals surface area (Å²) >= 11 is 1.07. The molecular weight excluding hydrogens is 758 g/mol. The van der Waals surface area contributed by atoms with Crippen molar-refractivity contribution in [2.24, 2.45) is 0 Å². The minimum atomic E-state index is -2.19. The van der Waals surface area contributed by atoms with Gasteiger partial charge in [-0.2, -0.15) is 0 Å². The summed E-state index contributed by atoms with van der Waals surface area (Å²) in [4.78, 5) is 13.8. The predicted octanol–water partition coefficient (Wildman–Crippen LogP) is 11.6. The minimum absolute atomic E-state index is 0.000526. The van der Waals surface area contributed by atoms with E-state index in [4.69, 9.17) is 27.3 Å². The lowest BCUT2D eigenvalue weighted by molar-refractivity contribution is -0.0892. The van der Waals surface area contributed by atoms with Crippen molar-refractivity contribution >= 4 is 50.4 Å². The summed E-state index contributed by atoms with van der Waals surface area (Å²) < 4.78 is 43.5. The van der Waals surface area contributed by atoms with Gasteiger partial charge in [0.2, 0.25) is 0 Å². The number of nitrogens with zero attached hydrogens (tertiary/aromatic N) is 2. The third kappa shape index (κ3) is 17.5. The van der Waals surface area contributed by atoms with Gasteiger partial charge in [-0.3, -0.25) is 4.79 Å². The quantitative estimate of drug-likeness (QED) is 0.0464. The van der Waals surface area contributed by atoms with Crippen LogP contribution in [-0.4, -0.2) is 109 Å². The van der Waals surface area contributed by atoms with Crippen molar-refractivity contribution in [3.05, 3.63) is 0 Å². The average Bonchev–Trinajstić information content (AvgIpc) is 2.94. The zero-order chi connectivity index (χ0) is 42.0. The highest BCUT2D eigenvalue weighted by atomic mass is 32.2. The third-order valence-electron chi connectivity index (χ3n) is 11.1. The van der Waals surface area contributed by atoms with E-state index in [9.17, 15) is 4.79 Å². The summed E-state index contributed by atoms with van der Waals surface area (Å²) in [5.74, 6) is 0.125. The smallest absolute Gasteiger partial charge is 0.281 e. The van der Waals surface area contributed by atoms with Crippen molar-refractivity contribution < 1.29 is 32.1 Å². The molecular formula is C38H86N3O7PSSi3. The van der Waals surface area contributed by atoms with Gasteiger partial charge in [0.25, 0.3) is 5.24 Å². The molecule has 0 unspecified atom stereocenters. The van der Waals surface area contributed by atoms with Gasteiger partial charge in [-0.15, -0.1) is 0 Å². The van der Waals surface area contributed by atoms with Crippen LogP contribution in [-0.2, 0) is 27.3 Å². The molecule has 0 fully saturated rings. The van der Waals surface area contributed by atoms with Crippen LogP contribution < -0.4 is 5.32 Å². The Kier molecular flexibility index (Phi) is 21.8. The van der Waals surface area contributed by atoms with E-state index in [2.05, 4.69) is 172 Å². The lowest BCUT2D eigenvalue weighted by Crippen LogP contribution is -2.63. The van der Waals surface area contributed by atoms with Gasteiger partial charge in [-0.25, -0.2) is 9.34 Å². The topological polar surface area (TPSA) is 91.0 Å². The van der Waals surface area contributed by atoms with Crippen molar-refractivity contribution in [2.45, 2.75) is 202 Å². The van der Waals surface area contributed by atoms with Crippen molar-refractivity contribution in [1.29, 1.82) is 0 Å². The molecule has 0 atom stereocenters. The monoisotopic (exact) mass is 844 g/mol. The second-order valence-electron chi connectivity index (χ2n) is 20.3. The van der Waals surface area contributed by atoms with Gasteiger partial charge in [-0.05, 0) is 122 Å². The zero-order valence-electron chi connectivity index (χ0n) is 38.7. The van der Waals surface area contributed by atoms with E-state index in [1.807, 2.05) is 0 Å². The van der Waals surface area contributed by atoms with Gasteiger partial charge in [-0.1, -0.05) is 62.3 Å². The van der Waals surface area contributed by atoms with Gasteiger partial charge in [0.05, 0.1) is 19.8 Å². The van der Waals surface area contributed by atoms with Crippen molar-refractivity contribution in [2.75, 3.05) is 39.3 Å². The number of hydrogen-bond donors (Lipinski definition) is 1. The average molecular weight is 844 g/mol. The molecule has 0 aliphatic carbocycles. The number of carbonyl (C=O) groups excluding carboxylic acids is 1. The number of carbonyl (C=O) groups is 1. The van der Waals surface area contributed by atoms with Crippen LogP contribution in [0.4, 0.5) is 4.79 Å². The molecule has 0 heterocycles. The first-order valence-electron chi connectivity index (χ1n) is 19.7. The van der Waals surface area contributed by atoms with E-state index in [1.165, 1.54) is 0 Å². The Morgan fingerprint density at radius 3 is 1.19 bits per heavy atom. The van der Waals surface area contributed by atoms with E-state index in [0.717, 1.165) is 11.8 Å². The first kappa shape index (κ1) is 53.6. The van der Waals surface area contributed by atoms with Gasteiger partial charge in [0.1, 0.15) is 11.5 Å². The Bertz CT molecular complexity index is 969. The van der Waals surface area contributed by atoms with E-state index in [-0.39, 0.29) is 39.9 Å². The highest BCUT2D eigenvalue weighted by Crippen LogP contribution is 2.50. The molecule has 0 bridgehead atoms. The molecule has 0 aromatic carbocycles. The third-order valence-corrected chi connectivity index (χ3v) is 28.2. The first-order chi connectivity index (χ1) is 23.6. The summed E-state index contributed by atoms with van der Waals surface area (Å²) in [6.45, 7) is 52.2. The number of nitrogens with one attached hydrogen (secondary N) is 1. The minimum Gasteiger partial charge on any atom is -0.414 e. The molecule has 0 rings (SSSR count). The lowest BCUT2D eigenvalue weighted by atomic mass is 10.0. The Balaban J connectivity index is 6.00. The van der Waals surface area contributed by atoms with Crippen LogP contribution in [0.15, 0.2) is 0 Å². The van der Waals surface area contributed by atoms with E-state index in [0.29, 0.717) is 44.0 Å². The fraction of sp³-hybridized carbons (Fsp3) is 0.974. The fourth-order valence-electron chi connectivity index (χ4n) is 4.63. The second-order valence-corrected chi connectivity index (χ2v) is 37.3. The number of rotatable bonds is 23. The van der Waals surface area contributed by atoms with Gasteiger partial charge < -0.3 is 32.6 Å². The highest BCUT2D eigenvalue weighted by molar-refractivity contribution is 8.13. The van der Waals surface area contributed by atoms with E-state index >= 15 is 0 Å². The van der Waals surface area contributed by atoms with Gasteiger partial charge in [0, 0.05) is 24.2 Å². The van der Waals surface area contributed by atoms with Crippen molar-refractivity contribution in [1.82, 2.24) is 14.7 Å². The van der Waals surface area contributed by atoms with Crippen LogP contribution in [0.1, 0.15) is 118 Å². The summed E-state index contributed by atoms with van der Waals surface area (Å²) in [5, 5.41) is 3.14. The number of thioether (sulfide) groups is 1. The van der Waals surface area contributed by atoms with E-state index < -0.39 is 38.9 Å². The molecule has 0 radical (unpaired) electrons. The maximum Gasteiger partial charge on any atom is 0.281 e. The molecule has 0 aliphatic heterocycles. The fourth-order valence-corrected chi connectivity index (χ4v) is 10.6. The Morgan fingerprint density at radius 2 is 0.906 bits per heavy atom. The molecule has 0 saturated heterocycles. The zero-order valence-corrected chi connectivity index (χ0v) is 43.4. The normalized spacial score (nSPS) is 14.7. The van der Waals surface area contributed by atoms with Crippen LogP contribution >= 0.6 is 20.2 Å². The summed E-state index contributed by atoms with van der Waals surface area (Å²) in [5.41, 5.74) is -0.885. The standard InChI is InChI=1S/C38H86N3O7PSSi3/c1-30(2)40(31(3)4)49(41(32(5)6)33(7)8)45-28-43-27-44-29-50-34(42)39-38(24-46-51(18,19)35(9,10)11,25-47-52(20,21)36(12,13)14)26-48-53(22,23)37(15,16)17/h30-33H,24-29H2,1-23H3,(H,39,42). The SMILES string of the molecule is CC(C)N(C(C)C)P(OCOCOCSC(=O)NC(CO[Si](C)(C)C(C)(C)C)(CO[Si](C)(C)C(C)(C)C)CO[Si](C)(C)C(C)(C)C)N(C(C)C)C(C)C. The maximum absolute atomic E-state index is 13.8. The number of amides is 1. The predicted molar refractivity (Wildman–Crippen MR) is 237 cm³/mol. The lowest BCUT2D eigenvalue weighted by Gasteiger charge is -2.46. The Hall–Kier alpha value is 0.581. The largest absolute Gasteiger partial charge is 0.414 e. The summed E-state index contributed by atoms with van der Waals surface area (Å²) in [6.07, 6.45) is 0. The molecule has 0 aromatic rings. The molecule has 0 saturated carbocycles. The molecule has 318 valence electrons. The summed E-state index contributed by atoms with van der Waals surface area (Å²) in [7, 11) is -7.62. The van der Waals surface area contributed by atoms with Crippen LogP contribution in [0, 0.1) is 0 Å². The van der Waals surface area contributed by atoms with E-state index in [1.54, 1.807) is 0 Å². The molecule has 10 nitrogen and oxygen atoms in total. The highest BCUT2D eigenvalue weighted by Gasteiger charge is 2.47. The molecule has 0 aromatic heterocycles. The van der Waals surface area contributed by atoms with Crippen molar-refractivity contribution in [3.63, 3.8) is 0 Å².